The van der Waals surface area contributed by atoms with E-state index in [9.17, 15) is 15.0 Å². The molecule has 3 aliphatic rings. The van der Waals surface area contributed by atoms with Crippen LogP contribution in [0.4, 0.5) is 0 Å². The molecular formula is C15H24O3. The normalized spacial score (nSPS) is 54.3. The van der Waals surface area contributed by atoms with Crippen molar-refractivity contribution in [3.05, 3.63) is 0 Å². The van der Waals surface area contributed by atoms with Crippen LogP contribution in [0.1, 0.15) is 52.9 Å². The first-order chi connectivity index (χ1) is 8.18. The van der Waals surface area contributed by atoms with E-state index in [0.717, 1.165) is 6.42 Å². The third-order valence-corrected chi connectivity index (χ3v) is 6.00. The Morgan fingerprint density at radius 3 is 2.50 bits per heavy atom. The fourth-order valence-electron chi connectivity index (χ4n) is 5.11. The van der Waals surface area contributed by atoms with E-state index in [1.54, 1.807) is 0 Å². The standard InChI is InChI=1S/C15H24O3/c1-13(2)6-9-12(13)10(16)7-14(3)8-15(9,18)5-4-11(14)17/h9-10,12,16,18H,4-8H2,1-3H3/t9-,10-,12-,14-,15+/m1/s1. The predicted molar refractivity (Wildman–Crippen MR) is 67.9 cm³/mol. The quantitative estimate of drug-likeness (QED) is 0.692. The van der Waals surface area contributed by atoms with E-state index >= 15 is 0 Å². The summed E-state index contributed by atoms with van der Waals surface area (Å²) in [6.45, 7) is 6.26. The van der Waals surface area contributed by atoms with Crippen molar-refractivity contribution in [1.29, 1.82) is 0 Å². The molecule has 3 heteroatoms. The second-order valence-electron chi connectivity index (χ2n) is 7.86. The lowest BCUT2D eigenvalue weighted by Gasteiger charge is -2.58. The summed E-state index contributed by atoms with van der Waals surface area (Å²) < 4.78 is 0. The molecule has 0 aromatic heterocycles. The lowest BCUT2D eigenvalue weighted by molar-refractivity contribution is -0.181. The van der Waals surface area contributed by atoms with Crippen molar-refractivity contribution in [2.45, 2.75) is 64.6 Å². The first kappa shape index (κ1) is 12.6. The number of Topliss-reactive ketones (excluding diaryl/α,β-unsaturated/α-hetero) is 1. The smallest absolute Gasteiger partial charge is 0.139 e. The molecule has 0 radical (unpaired) electrons. The van der Waals surface area contributed by atoms with E-state index < -0.39 is 17.1 Å². The van der Waals surface area contributed by atoms with Gasteiger partial charge in [-0.3, -0.25) is 4.79 Å². The zero-order valence-corrected chi connectivity index (χ0v) is 11.6. The van der Waals surface area contributed by atoms with Crippen molar-refractivity contribution in [2.24, 2.45) is 22.7 Å². The predicted octanol–water partition coefficient (Wildman–Crippen LogP) is 1.90. The molecule has 3 fully saturated rings. The molecule has 3 saturated carbocycles. The average Bonchev–Trinajstić information content (AvgIpc) is 2.25. The van der Waals surface area contributed by atoms with Gasteiger partial charge in [0.15, 0.2) is 0 Å². The van der Waals surface area contributed by atoms with Gasteiger partial charge in [-0.1, -0.05) is 20.8 Å². The van der Waals surface area contributed by atoms with Gasteiger partial charge in [0.05, 0.1) is 11.7 Å². The Labute approximate surface area is 109 Å². The Balaban J connectivity index is 2.02. The molecule has 2 N–H and O–H groups in total. The largest absolute Gasteiger partial charge is 0.393 e. The first-order valence-electron chi connectivity index (χ1n) is 7.12. The molecule has 0 spiro atoms. The summed E-state index contributed by atoms with van der Waals surface area (Å²) in [5, 5.41) is 21.4. The Hall–Kier alpha value is -0.410. The number of ketones is 1. The number of rotatable bonds is 0. The molecule has 0 heterocycles. The van der Waals surface area contributed by atoms with Gasteiger partial charge >= 0.3 is 0 Å². The average molecular weight is 252 g/mol. The minimum Gasteiger partial charge on any atom is -0.393 e. The summed E-state index contributed by atoms with van der Waals surface area (Å²) in [5.41, 5.74) is -1.14. The molecule has 0 aromatic carbocycles. The Bertz CT molecular complexity index is 403. The fraction of sp³-hybridized carbons (Fsp3) is 0.933. The molecule has 3 rings (SSSR count). The second kappa shape index (κ2) is 3.37. The van der Waals surface area contributed by atoms with E-state index in [0.29, 0.717) is 25.7 Å². The van der Waals surface area contributed by atoms with Gasteiger partial charge in [-0.05, 0) is 42.9 Å². The van der Waals surface area contributed by atoms with Crippen LogP contribution < -0.4 is 0 Å². The molecule has 0 aliphatic heterocycles. The van der Waals surface area contributed by atoms with Gasteiger partial charge in [-0.25, -0.2) is 0 Å². The summed E-state index contributed by atoms with van der Waals surface area (Å²) in [6.07, 6.45) is 2.66. The Morgan fingerprint density at radius 1 is 1.22 bits per heavy atom. The van der Waals surface area contributed by atoms with Gasteiger partial charge < -0.3 is 10.2 Å². The van der Waals surface area contributed by atoms with Gasteiger partial charge in [0.2, 0.25) is 0 Å². The summed E-state index contributed by atoms with van der Waals surface area (Å²) >= 11 is 0. The number of fused-ring (bicyclic) bond motifs is 4. The van der Waals surface area contributed by atoms with Crippen LogP contribution in [0.15, 0.2) is 0 Å². The maximum absolute atomic E-state index is 12.1. The summed E-state index contributed by atoms with van der Waals surface area (Å²) in [5.74, 6) is 0.554. The molecule has 0 amide bonds. The first-order valence-corrected chi connectivity index (χ1v) is 7.12. The van der Waals surface area contributed by atoms with Gasteiger partial charge in [0.1, 0.15) is 5.78 Å². The highest BCUT2D eigenvalue weighted by atomic mass is 16.3. The highest BCUT2D eigenvalue weighted by molar-refractivity contribution is 5.85. The zero-order chi connectivity index (χ0) is 13.3. The highest BCUT2D eigenvalue weighted by Gasteiger charge is 2.64. The Morgan fingerprint density at radius 2 is 1.89 bits per heavy atom. The van der Waals surface area contributed by atoms with Gasteiger partial charge in [-0.2, -0.15) is 0 Å². The third kappa shape index (κ3) is 1.47. The SMILES string of the molecule is CC1(C)C[C@@H]2[C@@H]1[C@H](O)C[C@]1(C)C[C@@]2(O)CCC1=O. The fourth-order valence-corrected chi connectivity index (χ4v) is 5.11. The molecule has 18 heavy (non-hydrogen) atoms. The molecule has 2 bridgehead atoms. The lowest BCUT2D eigenvalue weighted by Crippen LogP contribution is -2.59. The number of carbonyl (C=O) groups is 1. The molecule has 0 aromatic rings. The van der Waals surface area contributed by atoms with Crippen LogP contribution in [0.5, 0.6) is 0 Å². The van der Waals surface area contributed by atoms with Crippen molar-refractivity contribution in [3.8, 4) is 0 Å². The third-order valence-electron chi connectivity index (χ3n) is 6.00. The zero-order valence-electron chi connectivity index (χ0n) is 11.6. The van der Waals surface area contributed by atoms with Crippen LogP contribution >= 0.6 is 0 Å². The molecule has 0 saturated heterocycles. The van der Waals surface area contributed by atoms with Crippen molar-refractivity contribution in [2.75, 3.05) is 0 Å². The van der Waals surface area contributed by atoms with Crippen LogP contribution in [0, 0.1) is 22.7 Å². The van der Waals surface area contributed by atoms with Crippen LogP contribution in [0.3, 0.4) is 0 Å². The van der Waals surface area contributed by atoms with E-state index in [1.165, 1.54) is 0 Å². The molecule has 3 aliphatic carbocycles. The van der Waals surface area contributed by atoms with Crippen molar-refractivity contribution in [3.63, 3.8) is 0 Å². The molecule has 5 atom stereocenters. The van der Waals surface area contributed by atoms with Crippen LogP contribution in [-0.4, -0.2) is 27.7 Å². The van der Waals surface area contributed by atoms with Gasteiger partial charge in [-0.15, -0.1) is 0 Å². The number of aliphatic hydroxyl groups excluding tert-OH is 1. The van der Waals surface area contributed by atoms with E-state index in [4.69, 9.17) is 0 Å². The van der Waals surface area contributed by atoms with E-state index in [-0.39, 0.29) is 23.0 Å². The van der Waals surface area contributed by atoms with Gasteiger partial charge in [0.25, 0.3) is 0 Å². The molecule has 3 nitrogen and oxygen atoms in total. The number of carbonyl (C=O) groups excluding carboxylic acids is 1. The molecule has 0 unspecified atom stereocenters. The highest BCUT2D eigenvalue weighted by Crippen LogP contribution is 2.64. The van der Waals surface area contributed by atoms with Crippen molar-refractivity contribution < 1.29 is 15.0 Å². The molecular weight excluding hydrogens is 228 g/mol. The number of aliphatic hydroxyl groups is 2. The second-order valence-corrected chi connectivity index (χ2v) is 7.86. The van der Waals surface area contributed by atoms with Crippen LogP contribution in [-0.2, 0) is 4.79 Å². The van der Waals surface area contributed by atoms with Crippen molar-refractivity contribution in [1.82, 2.24) is 0 Å². The minimum atomic E-state index is -0.722. The minimum absolute atomic E-state index is 0.0939. The number of hydrogen-bond donors (Lipinski definition) is 2. The van der Waals surface area contributed by atoms with Crippen molar-refractivity contribution >= 4 is 5.78 Å². The van der Waals surface area contributed by atoms with Crippen LogP contribution in [0.25, 0.3) is 0 Å². The maximum Gasteiger partial charge on any atom is 0.139 e. The summed E-state index contributed by atoms with van der Waals surface area (Å²) in [4.78, 5) is 12.1. The van der Waals surface area contributed by atoms with E-state index in [1.807, 2.05) is 6.92 Å². The monoisotopic (exact) mass is 252 g/mol. The summed E-state index contributed by atoms with van der Waals surface area (Å²) in [6, 6.07) is 0. The summed E-state index contributed by atoms with van der Waals surface area (Å²) in [7, 11) is 0. The molecule has 102 valence electrons. The lowest BCUT2D eigenvalue weighted by atomic mass is 9.49. The number of hydrogen-bond acceptors (Lipinski definition) is 3. The van der Waals surface area contributed by atoms with Crippen LogP contribution in [0.2, 0.25) is 0 Å². The van der Waals surface area contributed by atoms with Gasteiger partial charge in [0, 0.05) is 11.8 Å². The topological polar surface area (TPSA) is 57.5 Å². The maximum atomic E-state index is 12.1. The Kier molecular flexibility index (Phi) is 2.36. The van der Waals surface area contributed by atoms with E-state index in [2.05, 4.69) is 13.8 Å².